The number of H-pyrrole nitrogens is 1. The Kier molecular flexibility index (Phi) is 11.2. The van der Waals surface area contributed by atoms with Crippen LogP contribution in [0.3, 0.4) is 0 Å². The van der Waals surface area contributed by atoms with E-state index < -0.39 is 23.6 Å². The number of Topliss-reactive ketones (excluding diaryl/α,β-unsaturated/α-hetero) is 1. The molecule has 1 aliphatic carbocycles. The Morgan fingerprint density at radius 2 is 1.79 bits per heavy atom. The number of hydrogen-bond donors (Lipinski definition) is 3. The zero-order valence-corrected chi connectivity index (χ0v) is 29.5. The molecule has 1 aliphatic rings. The fourth-order valence-electron chi connectivity index (χ4n) is 6.47. The maximum atomic E-state index is 14.7. The largest absolute Gasteiger partial charge is 0.445 e. The minimum atomic E-state index is -1.30. The van der Waals surface area contributed by atoms with Crippen molar-refractivity contribution < 1.29 is 23.5 Å². The highest BCUT2D eigenvalue weighted by Crippen LogP contribution is 2.40. The van der Waals surface area contributed by atoms with E-state index in [9.17, 15) is 14.4 Å². The highest BCUT2D eigenvalue weighted by Gasteiger charge is 2.46. The first-order valence-electron chi connectivity index (χ1n) is 16.6. The van der Waals surface area contributed by atoms with Gasteiger partial charge in [-0.3, -0.25) is 9.59 Å². The lowest BCUT2D eigenvalue weighted by atomic mass is 9.73. The van der Waals surface area contributed by atoms with Crippen molar-refractivity contribution in [1.82, 2.24) is 25.8 Å². The average Bonchev–Trinajstić information content (AvgIpc) is 3.67. The number of aryl methyl sites for hydroxylation is 2. The van der Waals surface area contributed by atoms with Crippen LogP contribution in [0.2, 0.25) is 10.0 Å². The molecule has 0 radical (unpaired) electrons. The predicted octanol–water partition coefficient (Wildman–Crippen LogP) is 7.64. The van der Waals surface area contributed by atoms with Crippen LogP contribution in [0.1, 0.15) is 87.9 Å². The Balaban J connectivity index is 1.47. The topological polar surface area (TPSA) is 139 Å². The van der Waals surface area contributed by atoms with Crippen molar-refractivity contribution in [2.45, 2.75) is 97.2 Å². The second kappa shape index (κ2) is 15.1. The lowest BCUT2D eigenvalue weighted by molar-refractivity contribution is -0.134. The number of carbonyl (C=O) groups is 3. The number of nitrogens with zero attached hydrogens (tertiary/aromatic N) is 2. The number of benzene rings is 2. The summed E-state index contributed by atoms with van der Waals surface area (Å²) in [5, 5.41) is 16.0. The molecule has 2 unspecified atom stereocenters. The van der Waals surface area contributed by atoms with Gasteiger partial charge >= 0.3 is 6.09 Å². The van der Waals surface area contributed by atoms with Crippen LogP contribution >= 0.6 is 23.2 Å². The Morgan fingerprint density at radius 3 is 2.46 bits per heavy atom. The Morgan fingerprint density at radius 1 is 1.06 bits per heavy atom. The SMILES string of the molecule is CCC(C)[C@H](NC(=O)OCc1ccccc1)C(=O)N[C@]1(C(=O)C[C@H](c2nnc(C)o2)C(C)CC)CCc2[nH]c3c(Cl)cc(Cl)cc3c2C1. The number of ether oxygens (including phenoxy) is 1. The van der Waals surface area contributed by atoms with E-state index in [0.29, 0.717) is 41.1 Å². The minimum absolute atomic E-state index is 0.0559. The van der Waals surface area contributed by atoms with E-state index in [1.807, 2.05) is 50.2 Å². The summed E-state index contributed by atoms with van der Waals surface area (Å²) in [4.78, 5) is 45.4. The van der Waals surface area contributed by atoms with Crippen LogP contribution in [0.15, 0.2) is 46.9 Å². The summed E-state index contributed by atoms with van der Waals surface area (Å²) in [5.74, 6) is -0.325. The van der Waals surface area contributed by atoms with Crippen LogP contribution in [0.25, 0.3) is 10.9 Å². The van der Waals surface area contributed by atoms with Crippen LogP contribution in [0.5, 0.6) is 0 Å². The number of hydrogen-bond acceptors (Lipinski definition) is 7. The van der Waals surface area contributed by atoms with Gasteiger partial charge in [0.05, 0.1) is 10.5 Å². The Bertz CT molecular complexity index is 1770. The zero-order valence-electron chi connectivity index (χ0n) is 28.0. The number of ketones is 1. The fraction of sp³-hybridized carbons (Fsp3) is 0.472. The summed E-state index contributed by atoms with van der Waals surface area (Å²) in [5.41, 5.74) is 2.08. The number of aromatic amines is 1. The molecule has 0 saturated heterocycles. The van der Waals surface area contributed by atoms with E-state index in [4.69, 9.17) is 32.4 Å². The zero-order chi connectivity index (χ0) is 34.6. The van der Waals surface area contributed by atoms with Crippen molar-refractivity contribution in [3.8, 4) is 0 Å². The molecule has 48 heavy (non-hydrogen) atoms. The average molecular weight is 697 g/mol. The van der Waals surface area contributed by atoms with Crippen molar-refractivity contribution in [3.05, 3.63) is 81.1 Å². The van der Waals surface area contributed by atoms with E-state index in [0.717, 1.165) is 34.1 Å². The van der Waals surface area contributed by atoms with Gasteiger partial charge in [0.15, 0.2) is 5.78 Å². The summed E-state index contributed by atoms with van der Waals surface area (Å²) in [6.45, 7) is 9.71. The van der Waals surface area contributed by atoms with Crippen LogP contribution < -0.4 is 10.6 Å². The first kappa shape index (κ1) is 35.4. The van der Waals surface area contributed by atoms with Gasteiger partial charge in [-0.15, -0.1) is 10.2 Å². The van der Waals surface area contributed by atoms with Crippen LogP contribution in [0.4, 0.5) is 4.79 Å². The van der Waals surface area contributed by atoms with Crippen molar-refractivity contribution in [3.63, 3.8) is 0 Å². The summed E-state index contributed by atoms with van der Waals surface area (Å²) in [6, 6.07) is 11.9. The molecule has 2 heterocycles. The molecule has 0 aliphatic heterocycles. The van der Waals surface area contributed by atoms with Gasteiger partial charge in [0, 0.05) is 41.8 Å². The summed E-state index contributed by atoms with van der Waals surface area (Å²) in [6.07, 6.45) is 1.79. The van der Waals surface area contributed by atoms with Gasteiger partial charge in [0.25, 0.3) is 0 Å². The number of fused-ring (bicyclic) bond motifs is 3. The molecule has 12 heteroatoms. The number of amides is 2. The molecule has 2 aromatic heterocycles. The van der Waals surface area contributed by atoms with Crippen molar-refractivity contribution >= 4 is 51.9 Å². The van der Waals surface area contributed by atoms with Crippen molar-refractivity contribution in [1.29, 1.82) is 0 Å². The van der Waals surface area contributed by atoms with E-state index in [-0.39, 0.29) is 43.0 Å². The summed E-state index contributed by atoms with van der Waals surface area (Å²) >= 11 is 13.0. The maximum Gasteiger partial charge on any atom is 0.408 e. The van der Waals surface area contributed by atoms with E-state index >= 15 is 0 Å². The van der Waals surface area contributed by atoms with Gasteiger partial charge in [-0.2, -0.15) is 0 Å². The number of aromatic nitrogens is 3. The summed E-state index contributed by atoms with van der Waals surface area (Å²) < 4.78 is 11.3. The van der Waals surface area contributed by atoms with E-state index in [1.165, 1.54) is 0 Å². The fourth-order valence-corrected chi connectivity index (χ4v) is 7.01. The van der Waals surface area contributed by atoms with Crippen LogP contribution in [0, 0.1) is 18.8 Å². The van der Waals surface area contributed by atoms with Crippen molar-refractivity contribution in [2.24, 2.45) is 11.8 Å². The van der Waals surface area contributed by atoms with Gasteiger partial charge in [-0.05, 0) is 47.9 Å². The molecule has 4 aromatic rings. The van der Waals surface area contributed by atoms with Crippen LogP contribution in [-0.2, 0) is 33.8 Å². The third-order valence-corrected chi connectivity index (χ3v) is 10.3. The standard InChI is InChI=1S/C36H43Cl2N5O5/c1-6-20(3)25(34-43-42-22(5)48-34)17-30(44)36(14-13-29-27(18-36)26-15-24(37)16-28(38)32(26)39-29)41-33(45)31(21(4)7-2)40-35(46)47-19-23-11-9-8-10-12-23/h8-12,15-16,20-21,25,31,39H,6-7,13-14,17-19H2,1-5H3,(H,40,46)(H,41,45)/t20?,21?,25-,31-,36+/m0/s1. The van der Waals surface area contributed by atoms with E-state index in [2.05, 4.69) is 39.7 Å². The predicted molar refractivity (Wildman–Crippen MR) is 185 cm³/mol. The molecule has 3 N–H and O–H groups in total. The molecule has 0 bridgehead atoms. The number of rotatable bonds is 13. The first-order valence-corrected chi connectivity index (χ1v) is 17.3. The van der Waals surface area contributed by atoms with Crippen molar-refractivity contribution in [2.75, 3.05) is 0 Å². The third kappa shape index (κ3) is 7.70. The molecule has 5 atom stereocenters. The molecule has 0 fully saturated rings. The third-order valence-electron chi connectivity index (χ3n) is 9.77. The molecule has 2 aromatic carbocycles. The highest BCUT2D eigenvalue weighted by molar-refractivity contribution is 6.38. The maximum absolute atomic E-state index is 14.7. The number of nitrogens with one attached hydrogen (secondary N) is 3. The van der Waals surface area contributed by atoms with Gasteiger partial charge in [0.2, 0.25) is 17.7 Å². The van der Waals surface area contributed by atoms with E-state index in [1.54, 1.807) is 13.0 Å². The minimum Gasteiger partial charge on any atom is -0.445 e. The molecular formula is C36H43Cl2N5O5. The second-order valence-corrected chi connectivity index (χ2v) is 13.8. The van der Waals surface area contributed by atoms with Gasteiger partial charge in [0.1, 0.15) is 18.2 Å². The molecule has 0 spiro atoms. The first-order chi connectivity index (χ1) is 22.9. The lowest BCUT2D eigenvalue weighted by Gasteiger charge is -2.39. The monoisotopic (exact) mass is 695 g/mol. The molecule has 2 amide bonds. The Hall–Kier alpha value is -3.89. The normalized spacial score (nSPS) is 18.4. The lowest BCUT2D eigenvalue weighted by Crippen LogP contribution is -2.62. The highest BCUT2D eigenvalue weighted by atomic mass is 35.5. The van der Waals surface area contributed by atoms with Crippen LogP contribution in [-0.4, -0.2) is 44.5 Å². The molecule has 10 nitrogen and oxygen atoms in total. The number of alkyl carbamates (subject to hydrolysis) is 1. The number of carbonyl (C=O) groups excluding carboxylic acids is 3. The quantitative estimate of drug-likeness (QED) is 0.131. The van der Waals surface area contributed by atoms with Gasteiger partial charge in [-0.1, -0.05) is 94.1 Å². The smallest absolute Gasteiger partial charge is 0.408 e. The molecule has 5 rings (SSSR count). The van der Waals surface area contributed by atoms with Gasteiger partial charge < -0.3 is 24.8 Å². The molecule has 0 saturated carbocycles. The number of halogens is 2. The second-order valence-electron chi connectivity index (χ2n) is 13.0. The van der Waals surface area contributed by atoms with Gasteiger partial charge in [-0.25, -0.2) is 4.79 Å². The molecule has 256 valence electrons. The summed E-state index contributed by atoms with van der Waals surface area (Å²) in [7, 11) is 0. The molecular weight excluding hydrogens is 653 g/mol. The Labute approximate surface area is 290 Å².